The molecule has 1 aliphatic heterocycles. The molecule has 0 aliphatic carbocycles. The van der Waals surface area contributed by atoms with E-state index in [9.17, 15) is 0 Å². The first-order valence-corrected chi connectivity index (χ1v) is 7.50. The van der Waals surface area contributed by atoms with Crippen molar-refractivity contribution in [2.75, 3.05) is 32.8 Å². The molecular formula is C16H22N4O. The Kier molecular flexibility index (Phi) is 4.65. The van der Waals surface area contributed by atoms with Crippen molar-refractivity contribution in [2.24, 2.45) is 5.73 Å². The zero-order chi connectivity index (χ0) is 14.5. The molecule has 2 aromatic rings. The monoisotopic (exact) mass is 286 g/mol. The van der Waals surface area contributed by atoms with Crippen molar-refractivity contribution >= 4 is 0 Å². The van der Waals surface area contributed by atoms with Crippen LogP contribution in [0.4, 0.5) is 0 Å². The third kappa shape index (κ3) is 3.32. The second-order valence-electron chi connectivity index (χ2n) is 5.31. The van der Waals surface area contributed by atoms with E-state index >= 15 is 0 Å². The molecule has 1 fully saturated rings. The topological polar surface area (TPSA) is 56.3 Å². The molecule has 21 heavy (non-hydrogen) atoms. The Bertz CT molecular complexity index is 546. The van der Waals surface area contributed by atoms with Crippen LogP contribution in [0.5, 0.6) is 0 Å². The van der Waals surface area contributed by atoms with Gasteiger partial charge in [0.15, 0.2) is 0 Å². The molecular weight excluding hydrogens is 264 g/mol. The summed E-state index contributed by atoms with van der Waals surface area (Å²) in [5.41, 5.74) is 8.25. The molecule has 112 valence electrons. The highest BCUT2D eigenvalue weighted by Crippen LogP contribution is 2.21. The zero-order valence-electron chi connectivity index (χ0n) is 12.2. The second-order valence-corrected chi connectivity index (χ2v) is 5.31. The van der Waals surface area contributed by atoms with Crippen molar-refractivity contribution in [1.82, 2.24) is 14.7 Å². The fourth-order valence-electron chi connectivity index (χ4n) is 2.80. The lowest BCUT2D eigenvalue weighted by molar-refractivity contribution is 0.132. The Hall–Kier alpha value is -1.69. The van der Waals surface area contributed by atoms with Crippen LogP contribution in [0, 0.1) is 0 Å². The van der Waals surface area contributed by atoms with Crippen LogP contribution in [0.3, 0.4) is 0 Å². The number of nitrogens with zero attached hydrogens (tertiary/aromatic N) is 3. The highest BCUT2D eigenvalue weighted by molar-refractivity contribution is 5.31. The first-order chi connectivity index (χ1) is 10.4. The molecule has 1 aromatic heterocycles. The van der Waals surface area contributed by atoms with Gasteiger partial charge in [-0.05, 0) is 18.6 Å². The minimum atomic E-state index is 0.212. The maximum Gasteiger partial charge on any atom is 0.0645 e. The zero-order valence-corrected chi connectivity index (χ0v) is 12.2. The summed E-state index contributed by atoms with van der Waals surface area (Å²) in [6, 6.07) is 10.4. The van der Waals surface area contributed by atoms with E-state index in [0.717, 1.165) is 38.4 Å². The van der Waals surface area contributed by atoms with Crippen LogP contribution in [-0.4, -0.2) is 47.5 Å². The average molecular weight is 286 g/mol. The highest BCUT2D eigenvalue weighted by Gasteiger charge is 2.21. The van der Waals surface area contributed by atoms with Gasteiger partial charge in [-0.3, -0.25) is 4.90 Å². The summed E-state index contributed by atoms with van der Waals surface area (Å²) < 4.78 is 7.44. The standard InChI is InChI=1S/C16H22N4O/c17-11-16(19-7-4-9-21-10-8-19)14-12-18-20(13-14)15-5-2-1-3-6-15/h1-3,5-6,12-13,16H,4,7-11,17H2. The molecule has 1 atom stereocenters. The van der Waals surface area contributed by atoms with Gasteiger partial charge in [-0.1, -0.05) is 18.2 Å². The smallest absolute Gasteiger partial charge is 0.0645 e. The van der Waals surface area contributed by atoms with Gasteiger partial charge in [0.1, 0.15) is 0 Å². The van der Waals surface area contributed by atoms with Gasteiger partial charge in [-0.25, -0.2) is 4.68 Å². The van der Waals surface area contributed by atoms with Gasteiger partial charge in [0, 0.05) is 38.0 Å². The Labute approximate surface area is 125 Å². The van der Waals surface area contributed by atoms with Crippen molar-refractivity contribution in [2.45, 2.75) is 12.5 Å². The summed E-state index contributed by atoms with van der Waals surface area (Å²) in [4.78, 5) is 2.40. The van der Waals surface area contributed by atoms with E-state index < -0.39 is 0 Å². The Balaban J connectivity index is 1.79. The SMILES string of the molecule is NCC(c1cnn(-c2ccccc2)c1)N1CCCOCC1. The Morgan fingerprint density at radius 3 is 2.86 bits per heavy atom. The summed E-state index contributed by atoms with van der Waals surface area (Å²) in [6.07, 6.45) is 5.07. The number of hydrogen-bond donors (Lipinski definition) is 1. The van der Waals surface area contributed by atoms with Crippen molar-refractivity contribution in [3.8, 4) is 5.69 Å². The molecule has 5 nitrogen and oxygen atoms in total. The molecule has 3 rings (SSSR count). The largest absolute Gasteiger partial charge is 0.380 e. The quantitative estimate of drug-likeness (QED) is 0.927. The molecule has 5 heteroatoms. The average Bonchev–Trinajstić information content (AvgIpc) is 2.86. The Morgan fingerprint density at radius 1 is 1.19 bits per heavy atom. The fourth-order valence-corrected chi connectivity index (χ4v) is 2.80. The molecule has 1 unspecified atom stereocenters. The maximum atomic E-state index is 6.02. The van der Waals surface area contributed by atoms with E-state index in [4.69, 9.17) is 10.5 Å². The highest BCUT2D eigenvalue weighted by atomic mass is 16.5. The van der Waals surface area contributed by atoms with Gasteiger partial charge in [-0.15, -0.1) is 0 Å². The Morgan fingerprint density at radius 2 is 2.05 bits per heavy atom. The number of hydrogen-bond acceptors (Lipinski definition) is 4. The molecule has 0 radical (unpaired) electrons. The minimum Gasteiger partial charge on any atom is -0.380 e. The summed E-state index contributed by atoms with van der Waals surface area (Å²) in [7, 11) is 0. The molecule has 2 N–H and O–H groups in total. The minimum absolute atomic E-state index is 0.212. The van der Waals surface area contributed by atoms with Gasteiger partial charge in [0.05, 0.1) is 24.5 Å². The van der Waals surface area contributed by atoms with Crippen molar-refractivity contribution in [3.05, 3.63) is 48.3 Å². The van der Waals surface area contributed by atoms with Gasteiger partial charge < -0.3 is 10.5 Å². The van der Waals surface area contributed by atoms with E-state index in [1.165, 1.54) is 5.56 Å². The van der Waals surface area contributed by atoms with Crippen molar-refractivity contribution in [3.63, 3.8) is 0 Å². The van der Waals surface area contributed by atoms with E-state index in [2.05, 4.69) is 16.2 Å². The van der Waals surface area contributed by atoms with E-state index in [-0.39, 0.29) is 6.04 Å². The first-order valence-electron chi connectivity index (χ1n) is 7.50. The number of ether oxygens (including phenoxy) is 1. The summed E-state index contributed by atoms with van der Waals surface area (Å²) in [5, 5.41) is 4.48. The van der Waals surface area contributed by atoms with E-state index in [0.29, 0.717) is 6.54 Å². The lowest BCUT2D eigenvalue weighted by atomic mass is 10.1. The number of aromatic nitrogens is 2. The third-order valence-electron chi connectivity index (χ3n) is 3.93. The van der Waals surface area contributed by atoms with Crippen LogP contribution in [0.1, 0.15) is 18.0 Å². The predicted octanol–water partition coefficient (Wildman–Crippen LogP) is 1.59. The van der Waals surface area contributed by atoms with Gasteiger partial charge in [0.2, 0.25) is 0 Å². The molecule has 2 heterocycles. The molecule has 0 spiro atoms. The van der Waals surface area contributed by atoms with E-state index in [1.807, 2.05) is 41.2 Å². The first kappa shape index (κ1) is 14.3. The van der Waals surface area contributed by atoms with Crippen molar-refractivity contribution in [1.29, 1.82) is 0 Å². The number of para-hydroxylation sites is 1. The lowest BCUT2D eigenvalue weighted by Crippen LogP contribution is -2.35. The summed E-state index contributed by atoms with van der Waals surface area (Å²) in [5.74, 6) is 0. The van der Waals surface area contributed by atoms with Crippen LogP contribution in [0.2, 0.25) is 0 Å². The summed E-state index contributed by atoms with van der Waals surface area (Å²) >= 11 is 0. The van der Waals surface area contributed by atoms with Gasteiger partial charge >= 0.3 is 0 Å². The van der Waals surface area contributed by atoms with E-state index in [1.54, 1.807) is 0 Å². The number of rotatable bonds is 4. The molecule has 0 amide bonds. The summed E-state index contributed by atoms with van der Waals surface area (Å²) in [6.45, 7) is 4.18. The molecule has 1 saturated heterocycles. The van der Waals surface area contributed by atoms with Gasteiger partial charge in [-0.2, -0.15) is 5.10 Å². The molecule has 0 bridgehead atoms. The molecule has 0 saturated carbocycles. The lowest BCUT2D eigenvalue weighted by Gasteiger charge is -2.28. The molecule has 1 aromatic carbocycles. The van der Waals surface area contributed by atoms with Crippen LogP contribution >= 0.6 is 0 Å². The van der Waals surface area contributed by atoms with Crippen LogP contribution in [-0.2, 0) is 4.74 Å². The number of nitrogens with two attached hydrogens (primary N) is 1. The predicted molar refractivity (Wildman–Crippen MR) is 82.4 cm³/mol. The van der Waals surface area contributed by atoms with Crippen LogP contribution < -0.4 is 5.73 Å². The number of benzene rings is 1. The van der Waals surface area contributed by atoms with Gasteiger partial charge in [0.25, 0.3) is 0 Å². The fraction of sp³-hybridized carbons (Fsp3) is 0.438. The van der Waals surface area contributed by atoms with Crippen molar-refractivity contribution < 1.29 is 4.74 Å². The maximum absolute atomic E-state index is 6.02. The molecule has 1 aliphatic rings. The normalized spacial score (nSPS) is 18.3. The van der Waals surface area contributed by atoms with Crippen LogP contribution in [0.15, 0.2) is 42.7 Å². The van der Waals surface area contributed by atoms with Crippen LogP contribution in [0.25, 0.3) is 5.69 Å². The third-order valence-corrected chi connectivity index (χ3v) is 3.93. The second kappa shape index (κ2) is 6.85.